The van der Waals surface area contributed by atoms with E-state index in [1.165, 1.54) is 7.11 Å². The molecule has 0 aromatic heterocycles. The van der Waals surface area contributed by atoms with Crippen molar-refractivity contribution in [2.75, 3.05) is 7.11 Å². The van der Waals surface area contributed by atoms with Crippen molar-refractivity contribution < 1.29 is 27.4 Å². The maximum Gasteiger partial charge on any atom is 0.418 e. The van der Waals surface area contributed by atoms with E-state index < -0.39 is 23.7 Å². The first-order chi connectivity index (χ1) is 6.86. The number of aliphatic hydroxyl groups is 1. The van der Waals surface area contributed by atoms with Crippen LogP contribution >= 0.6 is 0 Å². The third kappa shape index (κ3) is 2.59. The normalized spacial score (nSPS) is 13.7. The summed E-state index contributed by atoms with van der Waals surface area (Å²) in [6.45, 7) is 0. The average Bonchev–Trinajstić information content (AvgIpc) is 2.15. The van der Waals surface area contributed by atoms with Gasteiger partial charge in [0.1, 0.15) is 11.6 Å². The number of alkyl halides is 3. The molecule has 1 aromatic rings. The van der Waals surface area contributed by atoms with Gasteiger partial charge in [-0.15, -0.1) is 0 Å². The van der Waals surface area contributed by atoms with Crippen LogP contribution in [0.4, 0.5) is 17.6 Å². The van der Waals surface area contributed by atoms with Crippen LogP contribution in [0.2, 0.25) is 0 Å². The highest BCUT2D eigenvalue weighted by Gasteiger charge is 2.40. The summed E-state index contributed by atoms with van der Waals surface area (Å²) in [7, 11) is 1.26. The molecule has 0 radical (unpaired) electrons. The molecule has 1 aromatic carbocycles. The molecular formula is C9H8F4O2. The van der Waals surface area contributed by atoms with E-state index in [1.807, 2.05) is 0 Å². The summed E-state index contributed by atoms with van der Waals surface area (Å²) in [4.78, 5) is 0. The zero-order chi connectivity index (χ0) is 11.6. The van der Waals surface area contributed by atoms with Crippen LogP contribution in [-0.2, 0) is 0 Å². The van der Waals surface area contributed by atoms with Gasteiger partial charge in [-0.25, -0.2) is 4.39 Å². The van der Waals surface area contributed by atoms with Gasteiger partial charge in [-0.3, -0.25) is 0 Å². The van der Waals surface area contributed by atoms with Gasteiger partial charge in [0.15, 0.2) is 6.10 Å². The van der Waals surface area contributed by atoms with Crippen molar-refractivity contribution in [3.63, 3.8) is 0 Å². The first-order valence-corrected chi connectivity index (χ1v) is 3.94. The molecule has 0 bridgehead atoms. The molecule has 0 saturated carbocycles. The summed E-state index contributed by atoms with van der Waals surface area (Å²) in [6, 6.07) is 2.77. The molecule has 1 atom stereocenters. The molecule has 1 N–H and O–H groups in total. The molecule has 0 unspecified atom stereocenters. The van der Waals surface area contributed by atoms with Crippen molar-refractivity contribution in [2.45, 2.75) is 12.3 Å². The minimum absolute atomic E-state index is 0.0885. The summed E-state index contributed by atoms with van der Waals surface area (Å²) < 4.78 is 53.8. The SMILES string of the molecule is COc1ccc([C@@H](O)C(F)(F)F)c(F)c1. The van der Waals surface area contributed by atoms with Crippen LogP contribution in [0, 0.1) is 5.82 Å². The van der Waals surface area contributed by atoms with Crippen molar-refractivity contribution in [1.82, 2.24) is 0 Å². The Labute approximate surface area is 83.1 Å². The van der Waals surface area contributed by atoms with Gasteiger partial charge in [-0.1, -0.05) is 0 Å². The Morgan fingerprint density at radius 2 is 1.93 bits per heavy atom. The van der Waals surface area contributed by atoms with Crippen molar-refractivity contribution in [2.24, 2.45) is 0 Å². The summed E-state index contributed by atoms with van der Waals surface area (Å²) >= 11 is 0. The van der Waals surface area contributed by atoms with E-state index in [9.17, 15) is 17.6 Å². The number of hydrogen-bond donors (Lipinski definition) is 1. The van der Waals surface area contributed by atoms with Crippen LogP contribution in [-0.4, -0.2) is 18.4 Å². The molecule has 0 heterocycles. The molecule has 6 heteroatoms. The Morgan fingerprint density at radius 1 is 1.33 bits per heavy atom. The molecule has 0 saturated heterocycles. The first kappa shape index (κ1) is 11.8. The van der Waals surface area contributed by atoms with Crippen LogP contribution in [0.3, 0.4) is 0 Å². The first-order valence-electron chi connectivity index (χ1n) is 3.94. The molecule has 0 spiro atoms. The molecule has 15 heavy (non-hydrogen) atoms. The van der Waals surface area contributed by atoms with Gasteiger partial charge in [0, 0.05) is 11.6 Å². The quantitative estimate of drug-likeness (QED) is 0.782. The van der Waals surface area contributed by atoms with E-state index in [0.29, 0.717) is 0 Å². The van der Waals surface area contributed by atoms with Gasteiger partial charge < -0.3 is 9.84 Å². The fraction of sp³-hybridized carbons (Fsp3) is 0.333. The van der Waals surface area contributed by atoms with Crippen molar-refractivity contribution in [3.05, 3.63) is 29.6 Å². The van der Waals surface area contributed by atoms with E-state index in [2.05, 4.69) is 4.74 Å². The fourth-order valence-corrected chi connectivity index (χ4v) is 1.03. The topological polar surface area (TPSA) is 29.5 Å². The summed E-state index contributed by atoms with van der Waals surface area (Å²) in [5.41, 5.74) is -0.816. The maximum atomic E-state index is 13.1. The third-order valence-electron chi connectivity index (χ3n) is 1.81. The molecule has 84 valence electrons. The number of methoxy groups -OCH3 is 1. The van der Waals surface area contributed by atoms with Crippen molar-refractivity contribution in [3.8, 4) is 5.75 Å². The number of benzene rings is 1. The van der Waals surface area contributed by atoms with Gasteiger partial charge in [-0.05, 0) is 12.1 Å². The summed E-state index contributed by atoms with van der Waals surface area (Å²) in [6.07, 6.45) is -7.70. The largest absolute Gasteiger partial charge is 0.497 e. The number of rotatable bonds is 2. The highest BCUT2D eigenvalue weighted by molar-refractivity contribution is 5.30. The summed E-state index contributed by atoms with van der Waals surface area (Å²) in [5, 5.41) is 8.80. The van der Waals surface area contributed by atoms with E-state index in [0.717, 1.165) is 18.2 Å². The number of halogens is 4. The number of aliphatic hydroxyl groups excluding tert-OH is 1. The average molecular weight is 224 g/mol. The highest BCUT2D eigenvalue weighted by Crippen LogP contribution is 2.34. The molecule has 0 fully saturated rings. The Bertz CT molecular complexity index is 348. The number of ether oxygens (including phenoxy) is 1. The van der Waals surface area contributed by atoms with E-state index in [4.69, 9.17) is 5.11 Å². The van der Waals surface area contributed by atoms with E-state index >= 15 is 0 Å². The zero-order valence-electron chi connectivity index (χ0n) is 7.68. The molecule has 0 aliphatic heterocycles. The molecule has 0 aliphatic carbocycles. The molecule has 0 amide bonds. The lowest BCUT2D eigenvalue weighted by Crippen LogP contribution is -2.21. The van der Waals surface area contributed by atoms with Crippen molar-refractivity contribution in [1.29, 1.82) is 0 Å². The van der Waals surface area contributed by atoms with E-state index in [1.54, 1.807) is 0 Å². The lowest BCUT2D eigenvalue weighted by atomic mass is 10.1. The van der Waals surface area contributed by atoms with Gasteiger partial charge in [0.2, 0.25) is 0 Å². The minimum Gasteiger partial charge on any atom is -0.497 e. The predicted octanol–water partition coefficient (Wildman–Crippen LogP) is 2.43. The number of hydrogen-bond acceptors (Lipinski definition) is 2. The third-order valence-corrected chi connectivity index (χ3v) is 1.81. The minimum atomic E-state index is -4.88. The van der Waals surface area contributed by atoms with Gasteiger partial charge in [0.25, 0.3) is 0 Å². The van der Waals surface area contributed by atoms with Gasteiger partial charge in [-0.2, -0.15) is 13.2 Å². The van der Waals surface area contributed by atoms with Gasteiger partial charge in [0.05, 0.1) is 7.11 Å². The van der Waals surface area contributed by atoms with E-state index in [-0.39, 0.29) is 5.75 Å². The second-order valence-electron chi connectivity index (χ2n) is 2.83. The van der Waals surface area contributed by atoms with Crippen molar-refractivity contribution >= 4 is 0 Å². The Balaban J connectivity index is 3.06. The second-order valence-corrected chi connectivity index (χ2v) is 2.83. The van der Waals surface area contributed by atoms with Crippen LogP contribution in [0.1, 0.15) is 11.7 Å². The molecule has 0 aliphatic rings. The van der Waals surface area contributed by atoms with Crippen LogP contribution in [0.15, 0.2) is 18.2 Å². The lowest BCUT2D eigenvalue weighted by molar-refractivity contribution is -0.207. The van der Waals surface area contributed by atoms with Crippen LogP contribution in [0.5, 0.6) is 5.75 Å². The Morgan fingerprint density at radius 3 is 2.33 bits per heavy atom. The Hall–Kier alpha value is -1.30. The lowest BCUT2D eigenvalue weighted by Gasteiger charge is -2.15. The predicted molar refractivity (Wildman–Crippen MR) is 44.0 cm³/mol. The molecule has 2 nitrogen and oxygen atoms in total. The summed E-state index contributed by atoms with van der Waals surface area (Å²) in [5.74, 6) is -1.07. The van der Waals surface area contributed by atoms with Crippen LogP contribution < -0.4 is 4.74 Å². The second kappa shape index (κ2) is 4.06. The Kier molecular flexibility index (Phi) is 3.18. The maximum absolute atomic E-state index is 13.1. The zero-order valence-corrected chi connectivity index (χ0v) is 7.68. The monoisotopic (exact) mass is 224 g/mol. The molecular weight excluding hydrogens is 216 g/mol. The smallest absolute Gasteiger partial charge is 0.418 e. The van der Waals surface area contributed by atoms with Gasteiger partial charge >= 0.3 is 6.18 Å². The van der Waals surface area contributed by atoms with Crippen LogP contribution in [0.25, 0.3) is 0 Å². The highest BCUT2D eigenvalue weighted by atomic mass is 19.4. The standard InChI is InChI=1S/C9H8F4O2/c1-15-5-2-3-6(7(10)4-5)8(14)9(11,12)13/h2-4,8,14H,1H3/t8-/m1/s1. The fourth-order valence-electron chi connectivity index (χ4n) is 1.03. The molecule has 1 rings (SSSR count).